The maximum Gasteiger partial charge on any atom is 0.242 e. The third-order valence-electron chi connectivity index (χ3n) is 4.49. The van der Waals surface area contributed by atoms with Gasteiger partial charge >= 0.3 is 0 Å². The number of nitrogens with one attached hydrogen (secondary N) is 1. The van der Waals surface area contributed by atoms with Crippen molar-refractivity contribution in [2.75, 3.05) is 46.4 Å². The molecule has 0 aromatic carbocycles. The van der Waals surface area contributed by atoms with Gasteiger partial charge in [-0.2, -0.15) is 0 Å². The number of amides is 1. The first kappa shape index (κ1) is 14.8. The summed E-state index contributed by atoms with van der Waals surface area (Å²) in [6, 6.07) is 0. The van der Waals surface area contributed by atoms with E-state index in [0.717, 1.165) is 52.1 Å². The van der Waals surface area contributed by atoms with Gasteiger partial charge in [0.05, 0.1) is 11.6 Å². The lowest BCUT2D eigenvalue weighted by atomic mass is 9.97. The Morgan fingerprint density at radius 1 is 1.16 bits per heavy atom. The maximum absolute atomic E-state index is 12.7. The third-order valence-corrected chi connectivity index (χ3v) is 4.49. The first-order valence-corrected chi connectivity index (χ1v) is 7.33. The molecule has 2 rings (SSSR count). The van der Waals surface area contributed by atoms with Crippen molar-refractivity contribution >= 4 is 5.91 Å². The predicted molar refractivity (Wildman–Crippen MR) is 75.1 cm³/mol. The third kappa shape index (κ3) is 3.27. The zero-order valence-corrected chi connectivity index (χ0v) is 12.4. The average Bonchev–Trinajstić information content (AvgIpc) is 2.47. The van der Waals surface area contributed by atoms with E-state index in [1.807, 2.05) is 4.90 Å². The molecule has 19 heavy (non-hydrogen) atoms. The minimum atomic E-state index is -0.387. The van der Waals surface area contributed by atoms with Gasteiger partial charge in [-0.25, -0.2) is 0 Å². The number of rotatable bonds is 3. The minimum Gasteiger partial charge on any atom is -0.381 e. The van der Waals surface area contributed by atoms with E-state index in [1.165, 1.54) is 0 Å². The summed E-state index contributed by atoms with van der Waals surface area (Å²) in [6.07, 6.45) is 2.24. The van der Waals surface area contributed by atoms with Gasteiger partial charge in [-0.1, -0.05) is 0 Å². The van der Waals surface area contributed by atoms with Gasteiger partial charge in [0.1, 0.15) is 0 Å². The number of carbonyl (C=O) groups is 1. The van der Waals surface area contributed by atoms with Crippen molar-refractivity contribution in [1.82, 2.24) is 15.1 Å². The molecule has 2 heterocycles. The van der Waals surface area contributed by atoms with Crippen LogP contribution in [0.1, 0.15) is 26.7 Å². The van der Waals surface area contributed by atoms with E-state index in [1.54, 1.807) is 7.11 Å². The molecule has 2 aliphatic heterocycles. The van der Waals surface area contributed by atoms with Crippen LogP contribution in [0.4, 0.5) is 0 Å². The van der Waals surface area contributed by atoms with Crippen molar-refractivity contribution in [2.24, 2.45) is 0 Å². The summed E-state index contributed by atoms with van der Waals surface area (Å²) in [6.45, 7) is 9.62. The quantitative estimate of drug-likeness (QED) is 0.801. The summed E-state index contributed by atoms with van der Waals surface area (Å²) in [5, 5.41) is 3.34. The number of ether oxygens (including phenoxy) is 1. The van der Waals surface area contributed by atoms with Crippen LogP contribution in [0.3, 0.4) is 0 Å². The number of hydrogen-bond acceptors (Lipinski definition) is 4. The number of carbonyl (C=O) groups excluding carboxylic acids is 1. The molecule has 110 valence electrons. The van der Waals surface area contributed by atoms with Crippen molar-refractivity contribution in [2.45, 2.75) is 38.3 Å². The molecule has 0 atom stereocenters. The molecule has 0 bridgehead atoms. The number of piperazine rings is 1. The summed E-state index contributed by atoms with van der Waals surface area (Å²) in [5.74, 6) is 0.268. The standard InChI is InChI=1S/C14H27N3O2/c1-14(2,17-10-6-15-7-11-17)13(18)16-8-4-12(19-3)5-9-16/h12,15H,4-11H2,1-3H3. The highest BCUT2D eigenvalue weighted by molar-refractivity contribution is 5.85. The fourth-order valence-electron chi connectivity index (χ4n) is 3.04. The topological polar surface area (TPSA) is 44.8 Å². The molecule has 2 saturated heterocycles. The summed E-state index contributed by atoms with van der Waals surface area (Å²) in [4.78, 5) is 17.0. The molecule has 0 aliphatic carbocycles. The predicted octanol–water partition coefficient (Wildman–Crippen LogP) is 0.308. The number of nitrogens with zero attached hydrogens (tertiary/aromatic N) is 2. The van der Waals surface area contributed by atoms with Crippen LogP contribution in [0.2, 0.25) is 0 Å². The largest absolute Gasteiger partial charge is 0.381 e. The second-order valence-corrected chi connectivity index (χ2v) is 6.02. The Hall–Kier alpha value is -0.650. The highest BCUT2D eigenvalue weighted by Gasteiger charge is 2.39. The van der Waals surface area contributed by atoms with Gasteiger partial charge in [-0.3, -0.25) is 9.69 Å². The Morgan fingerprint density at radius 3 is 2.26 bits per heavy atom. The SMILES string of the molecule is COC1CCN(C(=O)C(C)(C)N2CCNCC2)CC1. The first-order chi connectivity index (χ1) is 9.05. The van der Waals surface area contributed by atoms with Crippen molar-refractivity contribution in [3.05, 3.63) is 0 Å². The van der Waals surface area contributed by atoms with E-state index in [0.29, 0.717) is 6.10 Å². The van der Waals surface area contributed by atoms with E-state index in [4.69, 9.17) is 4.74 Å². The molecule has 2 aliphatic rings. The molecular formula is C14H27N3O2. The summed E-state index contributed by atoms with van der Waals surface area (Å²) < 4.78 is 5.36. The molecule has 0 aromatic heterocycles. The molecule has 0 aromatic rings. The normalized spacial score (nSPS) is 23.6. The van der Waals surface area contributed by atoms with E-state index in [-0.39, 0.29) is 11.4 Å². The average molecular weight is 269 g/mol. The van der Waals surface area contributed by atoms with Gasteiger partial charge in [0, 0.05) is 46.4 Å². The molecule has 0 unspecified atom stereocenters. The molecule has 5 nitrogen and oxygen atoms in total. The number of likely N-dealkylation sites (tertiary alicyclic amines) is 1. The fraction of sp³-hybridized carbons (Fsp3) is 0.929. The Kier molecular flexibility index (Phi) is 4.81. The van der Waals surface area contributed by atoms with Crippen LogP contribution in [0.25, 0.3) is 0 Å². The molecule has 0 saturated carbocycles. The second kappa shape index (κ2) is 6.20. The zero-order chi connectivity index (χ0) is 13.9. The lowest BCUT2D eigenvalue weighted by Crippen LogP contribution is -2.61. The lowest BCUT2D eigenvalue weighted by Gasteiger charge is -2.43. The van der Waals surface area contributed by atoms with Gasteiger partial charge < -0.3 is 15.0 Å². The summed E-state index contributed by atoms with van der Waals surface area (Å²) >= 11 is 0. The molecule has 0 radical (unpaired) electrons. The molecular weight excluding hydrogens is 242 g/mol. The van der Waals surface area contributed by atoms with E-state index in [9.17, 15) is 4.79 Å². The van der Waals surface area contributed by atoms with Crippen LogP contribution < -0.4 is 5.32 Å². The van der Waals surface area contributed by atoms with Gasteiger partial charge in [0.2, 0.25) is 5.91 Å². The van der Waals surface area contributed by atoms with Crippen molar-refractivity contribution in [3.8, 4) is 0 Å². The van der Waals surface area contributed by atoms with Crippen molar-refractivity contribution in [1.29, 1.82) is 0 Å². The number of hydrogen-bond donors (Lipinski definition) is 1. The van der Waals surface area contributed by atoms with Crippen LogP contribution in [0.15, 0.2) is 0 Å². The van der Waals surface area contributed by atoms with Gasteiger partial charge in [0.15, 0.2) is 0 Å². The van der Waals surface area contributed by atoms with Crippen LogP contribution in [-0.4, -0.2) is 73.7 Å². The Morgan fingerprint density at radius 2 is 1.74 bits per heavy atom. The molecule has 1 N–H and O–H groups in total. The Balaban J connectivity index is 1.94. The summed E-state index contributed by atoms with van der Waals surface area (Å²) in [5.41, 5.74) is -0.387. The van der Waals surface area contributed by atoms with E-state index < -0.39 is 0 Å². The monoisotopic (exact) mass is 269 g/mol. The van der Waals surface area contributed by atoms with Crippen LogP contribution in [0, 0.1) is 0 Å². The van der Waals surface area contributed by atoms with Crippen LogP contribution >= 0.6 is 0 Å². The lowest BCUT2D eigenvalue weighted by molar-refractivity contribution is -0.145. The van der Waals surface area contributed by atoms with Gasteiger partial charge in [-0.15, -0.1) is 0 Å². The van der Waals surface area contributed by atoms with Crippen LogP contribution in [0.5, 0.6) is 0 Å². The zero-order valence-electron chi connectivity index (χ0n) is 12.4. The highest BCUT2D eigenvalue weighted by atomic mass is 16.5. The number of methoxy groups -OCH3 is 1. The molecule has 0 spiro atoms. The number of piperidine rings is 1. The van der Waals surface area contributed by atoms with Gasteiger partial charge in [0.25, 0.3) is 0 Å². The van der Waals surface area contributed by atoms with Crippen molar-refractivity contribution < 1.29 is 9.53 Å². The second-order valence-electron chi connectivity index (χ2n) is 6.02. The highest BCUT2D eigenvalue weighted by Crippen LogP contribution is 2.22. The Labute approximate surface area is 116 Å². The molecule has 2 fully saturated rings. The fourth-order valence-corrected chi connectivity index (χ4v) is 3.04. The van der Waals surface area contributed by atoms with E-state index in [2.05, 4.69) is 24.1 Å². The van der Waals surface area contributed by atoms with Crippen LogP contribution in [-0.2, 0) is 9.53 Å². The molecule has 5 heteroatoms. The smallest absolute Gasteiger partial charge is 0.242 e. The molecule has 1 amide bonds. The maximum atomic E-state index is 12.7. The van der Waals surface area contributed by atoms with E-state index >= 15 is 0 Å². The minimum absolute atomic E-state index is 0.268. The first-order valence-electron chi connectivity index (χ1n) is 7.33. The Bertz CT molecular complexity index is 306. The van der Waals surface area contributed by atoms with Gasteiger partial charge in [-0.05, 0) is 26.7 Å². The summed E-state index contributed by atoms with van der Waals surface area (Å²) in [7, 11) is 1.76. The van der Waals surface area contributed by atoms with Crippen molar-refractivity contribution in [3.63, 3.8) is 0 Å².